The summed E-state index contributed by atoms with van der Waals surface area (Å²) in [7, 11) is 0. The summed E-state index contributed by atoms with van der Waals surface area (Å²) in [5.41, 5.74) is -0.401. The Labute approximate surface area is 161 Å². The van der Waals surface area contributed by atoms with E-state index in [-0.39, 0.29) is 22.1 Å². The second-order valence-electron chi connectivity index (χ2n) is 6.21. The quantitative estimate of drug-likeness (QED) is 0.659. The highest BCUT2D eigenvalue weighted by molar-refractivity contribution is 6.32. The molecule has 1 N–H and O–H groups in total. The van der Waals surface area contributed by atoms with Crippen LogP contribution in [0.5, 0.6) is 11.5 Å². The van der Waals surface area contributed by atoms with Crippen LogP contribution in [0.3, 0.4) is 0 Å². The van der Waals surface area contributed by atoms with Gasteiger partial charge in [0.1, 0.15) is 11.5 Å². The lowest BCUT2D eigenvalue weighted by Gasteiger charge is -2.29. The van der Waals surface area contributed by atoms with E-state index in [0.717, 1.165) is 12.5 Å². The van der Waals surface area contributed by atoms with Crippen LogP contribution >= 0.6 is 11.6 Å². The summed E-state index contributed by atoms with van der Waals surface area (Å²) in [6, 6.07) is 1.35. The van der Waals surface area contributed by atoms with Crippen LogP contribution in [-0.2, 0) is 4.79 Å². The van der Waals surface area contributed by atoms with E-state index >= 15 is 0 Å². The molecule has 0 saturated carbocycles. The molecule has 1 aliphatic rings. The third kappa shape index (κ3) is 5.54. The molecule has 2 rings (SSSR count). The second-order valence-corrected chi connectivity index (χ2v) is 6.61. The lowest BCUT2D eigenvalue weighted by Crippen LogP contribution is -2.40. The Morgan fingerprint density at radius 1 is 1.37 bits per heavy atom. The molecule has 1 heterocycles. The fourth-order valence-corrected chi connectivity index (χ4v) is 2.76. The molecule has 0 saturated heterocycles. The van der Waals surface area contributed by atoms with Crippen LogP contribution < -0.4 is 9.47 Å². The van der Waals surface area contributed by atoms with Crippen molar-refractivity contribution >= 4 is 23.6 Å². The summed E-state index contributed by atoms with van der Waals surface area (Å²) in [5, 5.41) is 9.24. The first-order valence-electron chi connectivity index (χ1n) is 8.66. The Bertz CT molecular complexity index is 712. The molecule has 0 spiro atoms. The zero-order valence-corrected chi connectivity index (χ0v) is 16.7. The number of carboxylic acids is 1. The molecular weight excluding hydrogens is 385 g/mol. The van der Waals surface area contributed by atoms with E-state index in [0.29, 0.717) is 18.1 Å². The number of hydrogen-bond donors (Lipinski definition) is 1. The van der Waals surface area contributed by atoms with Crippen molar-refractivity contribution in [1.29, 1.82) is 0 Å². The number of alkyl halides is 3. The van der Waals surface area contributed by atoms with E-state index in [2.05, 4.69) is 0 Å². The third-order valence-electron chi connectivity index (χ3n) is 3.76. The molecule has 1 aromatic carbocycles. The standard InChI is InChI=1S/C17H18ClF3O4.C2H6/c1-8(2)4-5-24-14-9(3)13-10(7-12(14)18)6-11(16(22)23)15(25-13)17(19,20)21;1-2/h6-8,15H,4-5H2,1-3H3,(H,22,23);1-2H3. The van der Waals surface area contributed by atoms with Crippen LogP contribution in [0.25, 0.3) is 6.08 Å². The predicted molar refractivity (Wildman–Crippen MR) is 98.6 cm³/mol. The molecule has 0 bridgehead atoms. The van der Waals surface area contributed by atoms with Crippen molar-refractivity contribution in [2.45, 2.75) is 53.3 Å². The highest BCUT2D eigenvalue weighted by Crippen LogP contribution is 2.44. The highest BCUT2D eigenvalue weighted by atomic mass is 35.5. The van der Waals surface area contributed by atoms with E-state index in [1.807, 2.05) is 27.7 Å². The largest absolute Gasteiger partial charge is 0.492 e. The van der Waals surface area contributed by atoms with Crippen molar-refractivity contribution < 1.29 is 32.5 Å². The lowest BCUT2D eigenvalue weighted by molar-refractivity contribution is -0.187. The Morgan fingerprint density at radius 2 is 1.96 bits per heavy atom. The fraction of sp³-hybridized carbons (Fsp3) is 0.526. The van der Waals surface area contributed by atoms with Gasteiger partial charge in [-0.25, -0.2) is 4.79 Å². The zero-order valence-electron chi connectivity index (χ0n) is 15.9. The van der Waals surface area contributed by atoms with E-state index in [9.17, 15) is 18.0 Å². The number of rotatable bonds is 5. The smallest absolute Gasteiger partial charge is 0.430 e. The number of ether oxygens (including phenoxy) is 2. The number of halogens is 4. The first kappa shape index (κ1) is 23.1. The molecule has 0 aliphatic carbocycles. The maximum absolute atomic E-state index is 13.2. The van der Waals surface area contributed by atoms with Crippen LogP contribution in [0.15, 0.2) is 11.6 Å². The van der Waals surface area contributed by atoms with Gasteiger partial charge < -0.3 is 14.6 Å². The predicted octanol–water partition coefficient (Wildman–Crippen LogP) is 5.89. The molecule has 152 valence electrons. The SMILES string of the molecule is CC.Cc1c(OCCC(C)C)c(Cl)cc2c1OC(C(F)(F)F)C(C(=O)O)=C2. The Hall–Kier alpha value is -1.89. The number of carbonyl (C=O) groups is 1. The Morgan fingerprint density at radius 3 is 2.44 bits per heavy atom. The molecular formula is C19H24ClF3O4. The number of benzene rings is 1. The average molecular weight is 409 g/mol. The van der Waals surface area contributed by atoms with E-state index < -0.39 is 23.8 Å². The first-order chi connectivity index (χ1) is 12.5. The van der Waals surface area contributed by atoms with Crippen molar-refractivity contribution in [3.8, 4) is 11.5 Å². The topological polar surface area (TPSA) is 55.8 Å². The lowest BCUT2D eigenvalue weighted by atomic mass is 9.98. The molecule has 8 heteroatoms. The number of aliphatic carboxylic acids is 1. The average Bonchev–Trinajstić information content (AvgIpc) is 2.57. The van der Waals surface area contributed by atoms with Gasteiger partial charge in [-0.1, -0.05) is 39.3 Å². The molecule has 0 aromatic heterocycles. The Kier molecular flexibility index (Phi) is 8.02. The summed E-state index contributed by atoms with van der Waals surface area (Å²) in [6.45, 7) is 9.91. The van der Waals surface area contributed by atoms with Crippen molar-refractivity contribution in [2.24, 2.45) is 5.92 Å². The maximum Gasteiger partial charge on any atom is 0.430 e. The van der Waals surface area contributed by atoms with Gasteiger partial charge in [-0.3, -0.25) is 0 Å². The van der Waals surface area contributed by atoms with Crippen molar-refractivity contribution in [2.75, 3.05) is 6.61 Å². The summed E-state index contributed by atoms with van der Waals surface area (Å²) in [4.78, 5) is 11.2. The highest BCUT2D eigenvalue weighted by Gasteiger charge is 2.48. The minimum atomic E-state index is -4.85. The zero-order chi connectivity index (χ0) is 20.9. The van der Waals surface area contributed by atoms with Gasteiger partial charge in [0.25, 0.3) is 0 Å². The van der Waals surface area contributed by atoms with Crippen LogP contribution in [0, 0.1) is 12.8 Å². The van der Waals surface area contributed by atoms with E-state index in [1.165, 1.54) is 13.0 Å². The monoisotopic (exact) mass is 408 g/mol. The van der Waals surface area contributed by atoms with Gasteiger partial charge >= 0.3 is 12.1 Å². The number of hydrogen-bond acceptors (Lipinski definition) is 3. The molecule has 4 nitrogen and oxygen atoms in total. The molecule has 1 aliphatic heterocycles. The fourth-order valence-electron chi connectivity index (χ4n) is 2.45. The van der Waals surface area contributed by atoms with Crippen LogP contribution in [0.1, 0.15) is 45.2 Å². The first-order valence-corrected chi connectivity index (χ1v) is 9.04. The normalized spacial score (nSPS) is 15.9. The van der Waals surface area contributed by atoms with Gasteiger partial charge in [-0.05, 0) is 31.4 Å². The summed E-state index contributed by atoms with van der Waals surface area (Å²) < 4.78 is 50.1. The van der Waals surface area contributed by atoms with Crippen molar-refractivity contribution in [3.63, 3.8) is 0 Å². The van der Waals surface area contributed by atoms with E-state index in [1.54, 1.807) is 0 Å². The second kappa shape index (κ2) is 9.35. The minimum Gasteiger partial charge on any atom is -0.492 e. The summed E-state index contributed by atoms with van der Waals surface area (Å²) >= 11 is 6.16. The van der Waals surface area contributed by atoms with Gasteiger partial charge in [0.05, 0.1) is 17.2 Å². The van der Waals surface area contributed by atoms with Gasteiger partial charge in [0, 0.05) is 11.1 Å². The van der Waals surface area contributed by atoms with Gasteiger partial charge in [0.15, 0.2) is 0 Å². The molecule has 1 unspecified atom stereocenters. The minimum absolute atomic E-state index is 0.0729. The van der Waals surface area contributed by atoms with Gasteiger partial charge in [-0.2, -0.15) is 13.2 Å². The van der Waals surface area contributed by atoms with Crippen LogP contribution in [0.4, 0.5) is 13.2 Å². The molecule has 0 radical (unpaired) electrons. The Balaban J connectivity index is 0.00000176. The number of carboxylic acid groups (broad SMARTS) is 1. The van der Waals surface area contributed by atoms with Crippen molar-refractivity contribution in [3.05, 3.63) is 27.8 Å². The third-order valence-corrected chi connectivity index (χ3v) is 4.04. The van der Waals surface area contributed by atoms with Gasteiger partial charge in [0.2, 0.25) is 6.10 Å². The molecule has 0 amide bonds. The maximum atomic E-state index is 13.2. The molecule has 1 atom stereocenters. The molecule has 0 fully saturated rings. The number of fused-ring (bicyclic) bond motifs is 1. The van der Waals surface area contributed by atoms with Crippen molar-refractivity contribution in [1.82, 2.24) is 0 Å². The summed E-state index contributed by atoms with van der Waals surface area (Å²) in [5.74, 6) is -1.13. The molecule has 27 heavy (non-hydrogen) atoms. The summed E-state index contributed by atoms with van der Waals surface area (Å²) in [6.07, 6.45) is -5.70. The van der Waals surface area contributed by atoms with E-state index in [4.69, 9.17) is 26.2 Å². The van der Waals surface area contributed by atoms with Crippen LogP contribution in [-0.4, -0.2) is 30.0 Å². The molecule has 1 aromatic rings. The van der Waals surface area contributed by atoms with Crippen LogP contribution in [0.2, 0.25) is 5.02 Å². The van der Waals surface area contributed by atoms with Gasteiger partial charge in [-0.15, -0.1) is 0 Å².